The summed E-state index contributed by atoms with van der Waals surface area (Å²) in [6.07, 6.45) is -0.215. The molecule has 5 heteroatoms. The van der Waals surface area contributed by atoms with E-state index in [0.717, 1.165) is 0 Å². The third-order valence-corrected chi connectivity index (χ3v) is 2.41. The molecule has 88 valence electrons. The van der Waals surface area contributed by atoms with E-state index in [0.29, 0.717) is 6.61 Å². The first-order valence-corrected chi connectivity index (χ1v) is 5.14. The number of hydrogen-bond donors (Lipinski definition) is 0. The zero-order valence-electron chi connectivity index (χ0n) is 9.73. The lowest BCUT2D eigenvalue weighted by Crippen LogP contribution is -2.51. The van der Waals surface area contributed by atoms with E-state index in [1.807, 2.05) is 20.8 Å². The number of nitrogens with zero attached hydrogens (tertiary/aromatic N) is 1. The van der Waals surface area contributed by atoms with Crippen molar-refractivity contribution in [3.05, 3.63) is 0 Å². The van der Waals surface area contributed by atoms with Gasteiger partial charge in [0, 0.05) is 7.11 Å². The lowest BCUT2D eigenvalue weighted by Gasteiger charge is -2.37. The summed E-state index contributed by atoms with van der Waals surface area (Å²) in [7, 11) is 1.55. The number of rotatable bonds is 4. The van der Waals surface area contributed by atoms with Crippen LogP contribution in [0.1, 0.15) is 20.8 Å². The maximum Gasteiger partial charge on any atom is 0.251 e. The lowest BCUT2D eigenvalue weighted by molar-refractivity contribution is -0.247. The number of amides is 1. The number of methoxy groups -OCH3 is 1. The van der Waals surface area contributed by atoms with Gasteiger partial charge in [-0.25, -0.2) is 5.06 Å². The number of carbonyl (C=O) groups is 1. The smallest absolute Gasteiger partial charge is 0.251 e. The standard InChI is InChI=1S/C10H19NO4/c1-7(2)11-10(12)8(3)9(5-15-11)14-6-13-4/h7-9H,5-6H2,1-4H3/t8-,9+/m1/s1. The largest absolute Gasteiger partial charge is 0.359 e. The molecule has 0 saturated carbocycles. The molecule has 5 nitrogen and oxygen atoms in total. The quantitative estimate of drug-likeness (QED) is 0.653. The minimum atomic E-state index is -0.215. The van der Waals surface area contributed by atoms with Gasteiger partial charge in [-0.05, 0) is 13.8 Å². The van der Waals surface area contributed by atoms with Crippen molar-refractivity contribution in [1.82, 2.24) is 5.06 Å². The van der Waals surface area contributed by atoms with Gasteiger partial charge in [0.1, 0.15) is 13.4 Å². The molecule has 1 saturated heterocycles. The highest BCUT2D eigenvalue weighted by Gasteiger charge is 2.36. The Morgan fingerprint density at radius 1 is 1.60 bits per heavy atom. The van der Waals surface area contributed by atoms with Gasteiger partial charge in [-0.1, -0.05) is 6.92 Å². The first-order valence-electron chi connectivity index (χ1n) is 5.14. The van der Waals surface area contributed by atoms with Gasteiger partial charge >= 0.3 is 0 Å². The summed E-state index contributed by atoms with van der Waals surface area (Å²) in [5.74, 6) is -0.214. The Hall–Kier alpha value is -0.650. The molecular weight excluding hydrogens is 198 g/mol. The van der Waals surface area contributed by atoms with E-state index in [2.05, 4.69) is 0 Å². The molecule has 1 heterocycles. The van der Waals surface area contributed by atoms with Crippen LogP contribution in [-0.4, -0.2) is 43.6 Å². The molecule has 0 unspecified atom stereocenters. The molecule has 2 atom stereocenters. The van der Waals surface area contributed by atoms with E-state index in [-0.39, 0.29) is 30.8 Å². The van der Waals surface area contributed by atoms with Crippen LogP contribution in [0, 0.1) is 5.92 Å². The molecule has 0 aromatic carbocycles. The Labute approximate surface area is 90.2 Å². The van der Waals surface area contributed by atoms with Crippen LogP contribution in [0.15, 0.2) is 0 Å². The summed E-state index contributed by atoms with van der Waals surface area (Å²) in [5, 5.41) is 1.41. The number of ether oxygens (including phenoxy) is 2. The third kappa shape index (κ3) is 2.90. The first kappa shape index (κ1) is 12.4. The zero-order chi connectivity index (χ0) is 11.4. The van der Waals surface area contributed by atoms with E-state index < -0.39 is 0 Å². The molecule has 0 N–H and O–H groups in total. The van der Waals surface area contributed by atoms with Gasteiger partial charge in [-0.15, -0.1) is 0 Å². The Bertz CT molecular complexity index is 219. The van der Waals surface area contributed by atoms with Gasteiger partial charge in [0.05, 0.1) is 18.1 Å². The van der Waals surface area contributed by atoms with E-state index in [1.165, 1.54) is 5.06 Å². The molecule has 1 fully saturated rings. The number of hydrogen-bond acceptors (Lipinski definition) is 4. The van der Waals surface area contributed by atoms with Crippen LogP contribution in [0.2, 0.25) is 0 Å². The molecule has 0 spiro atoms. The molecule has 1 aliphatic heterocycles. The molecule has 1 aliphatic rings. The van der Waals surface area contributed by atoms with Crippen molar-refractivity contribution >= 4 is 5.91 Å². The van der Waals surface area contributed by atoms with Gasteiger partial charge in [0.25, 0.3) is 5.91 Å². The summed E-state index contributed by atoms with van der Waals surface area (Å²) >= 11 is 0. The molecule has 0 aliphatic carbocycles. The van der Waals surface area contributed by atoms with Gasteiger partial charge in [0.2, 0.25) is 0 Å². The molecule has 0 aromatic heterocycles. The highest BCUT2D eigenvalue weighted by molar-refractivity contribution is 5.78. The lowest BCUT2D eigenvalue weighted by atomic mass is 10.0. The fourth-order valence-corrected chi connectivity index (χ4v) is 1.47. The zero-order valence-corrected chi connectivity index (χ0v) is 9.73. The molecule has 1 amide bonds. The highest BCUT2D eigenvalue weighted by Crippen LogP contribution is 2.20. The molecule has 0 aromatic rings. The predicted octanol–water partition coefficient (Wildman–Crippen LogP) is 0.794. The monoisotopic (exact) mass is 217 g/mol. The van der Waals surface area contributed by atoms with Gasteiger partial charge in [0.15, 0.2) is 0 Å². The van der Waals surface area contributed by atoms with E-state index in [9.17, 15) is 4.79 Å². The summed E-state index contributed by atoms with van der Waals surface area (Å²) < 4.78 is 10.1. The Morgan fingerprint density at radius 3 is 2.80 bits per heavy atom. The first-order chi connectivity index (χ1) is 7.07. The van der Waals surface area contributed by atoms with E-state index in [1.54, 1.807) is 7.11 Å². The normalized spacial score (nSPS) is 27.5. The van der Waals surface area contributed by atoms with Crippen molar-refractivity contribution < 1.29 is 19.1 Å². The minimum absolute atomic E-state index is 0.0302. The van der Waals surface area contributed by atoms with Crippen LogP contribution in [0.4, 0.5) is 0 Å². The van der Waals surface area contributed by atoms with Crippen molar-refractivity contribution in [3.63, 3.8) is 0 Å². The number of hydroxylamine groups is 2. The third-order valence-electron chi connectivity index (χ3n) is 2.41. The maximum atomic E-state index is 11.8. The average Bonchev–Trinajstić information content (AvgIpc) is 2.20. The predicted molar refractivity (Wildman–Crippen MR) is 53.8 cm³/mol. The molecule has 15 heavy (non-hydrogen) atoms. The molecule has 1 rings (SSSR count). The SMILES string of the molecule is COCO[C@H]1CON(C(C)C)C(=O)[C@@H]1C. The van der Waals surface area contributed by atoms with Gasteiger partial charge in [-0.2, -0.15) is 0 Å². The van der Waals surface area contributed by atoms with Crippen molar-refractivity contribution in [2.45, 2.75) is 32.9 Å². The van der Waals surface area contributed by atoms with Crippen molar-refractivity contribution in [3.8, 4) is 0 Å². The van der Waals surface area contributed by atoms with Gasteiger partial charge < -0.3 is 9.47 Å². The van der Waals surface area contributed by atoms with E-state index >= 15 is 0 Å². The van der Waals surface area contributed by atoms with Crippen LogP contribution in [-0.2, 0) is 19.1 Å². The maximum absolute atomic E-state index is 11.8. The van der Waals surface area contributed by atoms with E-state index in [4.69, 9.17) is 14.3 Å². The van der Waals surface area contributed by atoms with Crippen LogP contribution >= 0.6 is 0 Å². The van der Waals surface area contributed by atoms with Crippen LogP contribution in [0.5, 0.6) is 0 Å². The second kappa shape index (κ2) is 5.44. The average molecular weight is 217 g/mol. The van der Waals surface area contributed by atoms with Gasteiger partial charge in [-0.3, -0.25) is 9.63 Å². The Balaban J connectivity index is 2.53. The summed E-state index contributed by atoms with van der Waals surface area (Å²) in [6.45, 7) is 6.27. The topological polar surface area (TPSA) is 48.0 Å². The second-order valence-electron chi connectivity index (χ2n) is 3.95. The summed E-state index contributed by atoms with van der Waals surface area (Å²) in [4.78, 5) is 17.2. The fourth-order valence-electron chi connectivity index (χ4n) is 1.47. The van der Waals surface area contributed by atoms with Crippen molar-refractivity contribution in [2.75, 3.05) is 20.5 Å². The molecule has 0 radical (unpaired) electrons. The summed E-state index contributed by atoms with van der Waals surface area (Å²) in [5.41, 5.74) is 0. The van der Waals surface area contributed by atoms with Crippen LogP contribution in [0.3, 0.4) is 0 Å². The van der Waals surface area contributed by atoms with Crippen molar-refractivity contribution in [1.29, 1.82) is 0 Å². The highest BCUT2D eigenvalue weighted by atomic mass is 16.7. The molecule has 0 bridgehead atoms. The minimum Gasteiger partial charge on any atom is -0.359 e. The fraction of sp³-hybridized carbons (Fsp3) is 0.900. The van der Waals surface area contributed by atoms with Crippen LogP contribution in [0.25, 0.3) is 0 Å². The molecular formula is C10H19NO4. The number of carbonyl (C=O) groups excluding carboxylic acids is 1. The Kier molecular flexibility index (Phi) is 4.50. The van der Waals surface area contributed by atoms with Crippen molar-refractivity contribution in [2.24, 2.45) is 5.92 Å². The van der Waals surface area contributed by atoms with Crippen LogP contribution < -0.4 is 0 Å². The second-order valence-corrected chi connectivity index (χ2v) is 3.95. The summed E-state index contributed by atoms with van der Waals surface area (Å²) in [6, 6.07) is 0.0586. The Morgan fingerprint density at radius 2 is 2.27 bits per heavy atom.